The largest absolute Gasteiger partial charge is 0.307 e. The lowest BCUT2D eigenvalue weighted by Crippen LogP contribution is -2.21. The van der Waals surface area contributed by atoms with Crippen molar-refractivity contribution in [3.05, 3.63) is 35.4 Å². The van der Waals surface area contributed by atoms with Gasteiger partial charge in [0.2, 0.25) is 0 Å². The van der Waals surface area contributed by atoms with Crippen LogP contribution in [0.3, 0.4) is 0 Å². The highest BCUT2D eigenvalue weighted by molar-refractivity contribution is 5.26. The highest BCUT2D eigenvalue weighted by Gasteiger charge is 2.33. The van der Waals surface area contributed by atoms with E-state index in [0.717, 1.165) is 12.0 Å². The molecule has 1 aromatic carbocycles. The standard InChI is InChI=1S/C15H23N/c1-10(2)13-5-7-14(8-6-13)12(4)16-15-9-11(15)3/h5-8,10-12,15-16H,9H2,1-4H3. The van der Waals surface area contributed by atoms with Gasteiger partial charge in [0.05, 0.1) is 0 Å². The van der Waals surface area contributed by atoms with E-state index in [1.54, 1.807) is 0 Å². The Morgan fingerprint density at radius 2 is 1.56 bits per heavy atom. The lowest BCUT2D eigenvalue weighted by molar-refractivity contribution is 0.551. The van der Waals surface area contributed by atoms with Crippen molar-refractivity contribution in [3.63, 3.8) is 0 Å². The molecule has 1 N–H and O–H groups in total. The average molecular weight is 217 g/mol. The van der Waals surface area contributed by atoms with Crippen molar-refractivity contribution >= 4 is 0 Å². The van der Waals surface area contributed by atoms with Crippen LogP contribution < -0.4 is 5.32 Å². The first-order valence-corrected chi connectivity index (χ1v) is 6.44. The van der Waals surface area contributed by atoms with Crippen molar-refractivity contribution in [2.45, 2.75) is 52.1 Å². The first kappa shape index (κ1) is 11.7. The zero-order valence-corrected chi connectivity index (χ0v) is 10.8. The molecule has 0 spiro atoms. The summed E-state index contributed by atoms with van der Waals surface area (Å²) in [6.45, 7) is 9.05. The maximum absolute atomic E-state index is 3.67. The van der Waals surface area contributed by atoms with Gasteiger partial charge >= 0.3 is 0 Å². The third-order valence-electron chi connectivity index (χ3n) is 3.68. The fraction of sp³-hybridized carbons (Fsp3) is 0.600. The number of nitrogens with one attached hydrogen (secondary N) is 1. The monoisotopic (exact) mass is 217 g/mol. The lowest BCUT2D eigenvalue weighted by atomic mass is 9.99. The first-order chi connectivity index (χ1) is 7.58. The van der Waals surface area contributed by atoms with E-state index >= 15 is 0 Å². The molecule has 1 fully saturated rings. The van der Waals surface area contributed by atoms with Crippen molar-refractivity contribution in [3.8, 4) is 0 Å². The summed E-state index contributed by atoms with van der Waals surface area (Å²) in [5.74, 6) is 1.50. The summed E-state index contributed by atoms with van der Waals surface area (Å²) in [5.41, 5.74) is 2.83. The summed E-state index contributed by atoms with van der Waals surface area (Å²) in [7, 11) is 0. The average Bonchev–Trinajstić information content (AvgIpc) is 2.94. The minimum atomic E-state index is 0.483. The molecule has 0 radical (unpaired) electrons. The highest BCUT2D eigenvalue weighted by atomic mass is 15.0. The molecule has 1 aromatic rings. The molecule has 1 heteroatoms. The van der Waals surface area contributed by atoms with E-state index in [9.17, 15) is 0 Å². The minimum Gasteiger partial charge on any atom is -0.307 e. The van der Waals surface area contributed by atoms with Crippen molar-refractivity contribution < 1.29 is 0 Å². The molecule has 3 unspecified atom stereocenters. The number of benzene rings is 1. The fourth-order valence-corrected chi connectivity index (χ4v) is 2.14. The molecule has 0 saturated heterocycles. The number of rotatable bonds is 4. The first-order valence-electron chi connectivity index (χ1n) is 6.44. The van der Waals surface area contributed by atoms with Gasteiger partial charge in [0.25, 0.3) is 0 Å². The van der Waals surface area contributed by atoms with Crippen LogP contribution in [0.2, 0.25) is 0 Å². The molecular weight excluding hydrogens is 194 g/mol. The van der Waals surface area contributed by atoms with E-state index in [2.05, 4.69) is 57.3 Å². The van der Waals surface area contributed by atoms with Gasteiger partial charge in [-0.3, -0.25) is 0 Å². The van der Waals surface area contributed by atoms with E-state index < -0.39 is 0 Å². The second-order valence-electron chi connectivity index (χ2n) is 5.53. The Balaban J connectivity index is 1.97. The molecule has 0 aliphatic heterocycles. The van der Waals surface area contributed by atoms with Crippen LogP contribution in [0, 0.1) is 5.92 Å². The number of hydrogen-bond donors (Lipinski definition) is 1. The minimum absolute atomic E-state index is 0.483. The van der Waals surface area contributed by atoms with Gasteiger partial charge in [-0.25, -0.2) is 0 Å². The highest BCUT2D eigenvalue weighted by Crippen LogP contribution is 2.31. The van der Waals surface area contributed by atoms with Gasteiger partial charge in [-0.05, 0) is 36.3 Å². The second kappa shape index (κ2) is 4.58. The van der Waals surface area contributed by atoms with Crippen LogP contribution in [-0.2, 0) is 0 Å². The maximum Gasteiger partial charge on any atom is 0.0294 e. The van der Waals surface area contributed by atoms with Crippen molar-refractivity contribution in [2.24, 2.45) is 5.92 Å². The van der Waals surface area contributed by atoms with Crippen LogP contribution in [0.15, 0.2) is 24.3 Å². The molecule has 16 heavy (non-hydrogen) atoms. The molecule has 2 rings (SSSR count). The third kappa shape index (κ3) is 2.65. The SMILES string of the molecule is CC(C)c1ccc(C(C)NC2CC2C)cc1. The van der Waals surface area contributed by atoms with Gasteiger partial charge < -0.3 is 5.32 Å². The van der Waals surface area contributed by atoms with Gasteiger partial charge in [0.1, 0.15) is 0 Å². The van der Waals surface area contributed by atoms with Crippen molar-refractivity contribution in [1.29, 1.82) is 0 Å². The third-order valence-corrected chi connectivity index (χ3v) is 3.68. The van der Waals surface area contributed by atoms with Crippen molar-refractivity contribution in [1.82, 2.24) is 5.32 Å². The van der Waals surface area contributed by atoms with Gasteiger partial charge in [-0.2, -0.15) is 0 Å². The van der Waals surface area contributed by atoms with Gasteiger partial charge in [-0.15, -0.1) is 0 Å². The molecule has 0 bridgehead atoms. The molecule has 1 aliphatic carbocycles. The Morgan fingerprint density at radius 1 is 1.06 bits per heavy atom. The molecule has 1 nitrogen and oxygen atoms in total. The van der Waals surface area contributed by atoms with Crippen LogP contribution in [-0.4, -0.2) is 6.04 Å². The Labute approximate surface area is 99.3 Å². The molecule has 1 saturated carbocycles. The molecule has 0 heterocycles. The summed E-state index contributed by atoms with van der Waals surface area (Å²) in [4.78, 5) is 0. The van der Waals surface area contributed by atoms with Crippen LogP contribution >= 0.6 is 0 Å². The molecule has 88 valence electrons. The smallest absolute Gasteiger partial charge is 0.0294 e. The van der Waals surface area contributed by atoms with Crippen molar-refractivity contribution in [2.75, 3.05) is 0 Å². The topological polar surface area (TPSA) is 12.0 Å². The van der Waals surface area contributed by atoms with E-state index in [0.29, 0.717) is 12.0 Å². The molecule has 3 atom stereocenters. The van der Waals surface area contributed by atoms with Gasteiger partial charge in [0, 0.05) is 12.1 Å². The van der Waals surface area contributed by atoms with E-state index in [4.69, 9.17) is 0 Å². The summed E-state index contributed by atoms with van der Waals surface area (Å²) in [6.07, 6.45) is 1.34. The Kier molecular flexibility index (Phi) is 3.34. The maximum atomic E-state index is 3.67. The normalized spacial score (nSPS) is 25.8. The summed E-state index contributed by atoms with van der Waals surface area (Å²) in [5, 5.41) is 3.67. The van der Waals surface area contributed by atoms with Gasteiger partial charge in [-0.1, -0.05) is 45.0 Å². The predicted octanol–water partition coefficient (Wildman–Crippen LogP) is 3.87. The molecule has 0 amide bonds. The molecule has 1 aliphatic rings. The van der Waals surface area contributed by atoms with E-state index in [-0.39, 0.29) is 0 Å². The fourth-order valence-electron chi connectivity index (χ4n) is 2.14. The van der Waals surface area contributed by atoms with Crippen LogP contribution in [0.5, 0.6) is 0 Å². The Bertz CT molecular complexity index is 339. The van der Waals surface area contributed by atoms with Crippen LogP contribution in [0.4, 0.5) is 0 Å². The Hall–Kier alpha value is -0.820. The van der Waals surface area contributed by atoms with Crippen LogP contribution in [0.25, 0.3) is 0 Å². The lowest BCUT2D eigenvalue weighted by Gasteiger charge is -2.15. The van der Waals surface area contributed by atoms with Gasteiger partial charge in [0.15, 0.2) is 0 Å². The predicted molar refractivity (Wildman–Crippen MR) is 69.7 cm³/mol. The zero-order chi connectivity index (χ0) is 11.7. The number of hydrogen-bond acceptors (Lipinski definition) is 1. The van der Waals surface area contributed by atoms with E-state index in [1.807, 2.05) is 0 Å². The summed E-state index contributed by atoms with van der Waals surface area (Å²) in [6, 6.07) is 10.3. The quantitative estimate of drug-likeness (QED) is 0.807. The zero-order valence-electron chi connectivity index (χ0n) is 10.8. The van der Waals surface area contributed by atoms with E-state index in [1.165, 1.54) is 17.5 Å². The molecular formula is C15H23N. The summed E-state index contributed by atoms with van der Waals surface area (Å²) < 4.78 is 0. The Morgan fingerprint density at radius 3 is 2.00 bits per heavy atom. The molecule has 0 aromatic heterocycles. The second-order valence-corrected chi connectivity index (χ2v) is 5.53. The summed E-state index contributed by atoms with van der Waals surface area (Å²) >= 11 is 0. The van der Waals surface area contributed by atoms with Crippen LogP contribution in [0.1, 0.15) is 57.2 Å².